The molecule has 0 aliphatic carbocycles. The summed E-state index contributed by atoms with van der Waals surface area (Å²) in [6.07, 6.45) is 0.301. The second kappa shape index (κ2) is 5.71. The van der Waals surface area contributed by atoms with E-state index in [1.807, 2.05) is 0 Å². The monoisotopic (exact) mass is 260 g/mol. The highest BCUT2D eigenvalue weighted by Gasteiger charge is 2.10. The number of anilines is 1. The number of carbonyl (C=O) groups excluding carboxylic acids is 2. The lowest BCUT2D eigenvalue weighted by molar-refractivity contribution is -0.119. The molecule has 0 fully saturated rings. The van der Waals surface area contributed by atoms with Crippen molar-refractivity contribution in [3.63, 3.8) is 0 Å². The Labute approximate surface area is 108 Å². The van der Waals surface area contributed by atoms with Crippen molar-refractivity contribution in [3.8, 4) is 0 Å². The summed E-state index contributed by atoms with van der Waals surface area (Å²) in [4.78, 5) is 22.8. The topological polar surface area (TPSA) is 113 Å². The van der Waals surface area contributed by atoms with Crippen molar-refractivity contribution in [1.82, 2.24) is 25.9 Å². The first-order valence-corrected chi connectivity index (χ1v) is 5.53. The van der Waals surface area contributed by atoms with Gasteiger partial charge in [-0.05, 0) is 22.9 Å². The van der Waals surface area contributed by atoms with Crippen LogP contribution in [0, 0.1) is 0 Å². The lowest BCUT2D eigenvalue weighted by atomic mass is 10.1. The van der Waals surface area contributed by atoms with Crippen LogP contribution in [0.3, 0.4) is 0 Å². The number of tetrazole rings is 1. The van der Waals surface area contributed by atoms with Crippen LogP contribution >= 0.6 is 0 Å². The smallest absolute Gasteiger partial charge is 0.297 e. The van der Waals surface area contributed by atoms with Gasteiger partial charge in [0.05, 0.1) is 6.42 Å². The summed E-state index contributed by atoms with van der Waals surface area (Å²) in [6.45, 7) is 0. The van der Waals surface area contributed by atoms with Gasteiger partial charge in [0.15, 0.2) is 0 Å². The minimum Gasteiger partial charge on any atom is -0.359 e. The van der Waals surface area contributed by atoms with E-state index in [0.717, 1.165) is 5.56 Å². The molecule has 0 radical (unpaired) electrons. The van der Waals surface area contributed by atoms with Crippen LogP contribution in [0.25, 0.3) is 0 Å². The van der Waals surface area contributed by atoms with Crippen LogP contribution in [-0.2, 0) is 11.2 Å². The Kier molecular flexibility index (Phi) is 3.81. The molecule has 0 aliphatic rings. The molecular formula is C11H12N6O2. The lowest BCUT2D eigenvalue weighted by Gasteiger charge is -2.04. The molecule has 0 saturated heterocycles. The summed E-state index contributed by atoms with van der Waals surface area (Å²) in [5.41, 5.74) is 1.45. The molecule has 1 aromatic heterocycles. The molecule has 98 valence electrons. The predicted molar refractivity (Wildman–Crippen MR) is 66.3 cm³/mol. The van der Waals surface area contributed by atoms with Crippen molar-refractivity contribution >= 4 is 17.5 Å². The van der Waals surface area contributed by atoms with Gasteiger partial charge in [0.1, 0.15) is 0 Å². The number of hydrogen-bond donors (Lipinski definition) is 3. The third-order valence-electron chi connectivity index (χ3n) is 2.40. The molecule has 2 aromatic rings. The van der Waals surface area contributed by atoms with E-state index in [4.69, 9.17) is 0 Å². The van der Waals surface area contributed by atoms with Crippen LogP contribution in [-0.4, -0.2) is 39.5 Å². The van der Waals surface area contributed by atoms with E-state index >= 15 is 0 Å². The summed E-state index contributed by atoms with van der Waals surface area (Å²) in [6, 6.07) is 6.94. The maximum Gasteiger partial charge on any atom is 0.297 e. The number of nitrogens with one attached hydrogen (secondary N) is 3. The molecular weight excluding hydrogens is 248 g/mol. The Morgan fingerprint density at radius 3 is 2.58 bits per heavy atom. The standard InChI is InChI=1S/C11H12N6O2/c1-12-9(18)6-7-2-4-8(5-3-7)13-11(19)10-14-16-17-15-10/h2-5H,6H2,1H3,(H,12,18)(H,13,19)(H,14,15,16,17). The van der Waals surface area contributed by atoms with Gasteiger partial charge in [-0.3, -0.25) is 9.59 Å². The molecule has 0 unspecified atom stereocenters. The van der Waals surface area contributed by atoms with Gasteiger partial charge in [0.25, 0.3) is 11.7 Å². The van der Waals surface area contributed by atoms with Crippen LogP contribution in [0.4, 0.5) is 5.69 Å². The number of aromatic nitrogens is 4. The fourth-order valence-corrected chi connectivity index (χ4v) is 1.42. The summed E-state index contributed by atoms with van der Waals surface area (Å²) < 4.78 is 0. The first kappa shape index (κ1) is 12.7. The van der Waals surface area contributed by atoms with E-state index in [0.29, 0.717) is 12.1 Å². The minimum absolute atomic E-state index is 0.0329. The maximum atomic E-state index is 11.6. The zero-order valence-electron chi connectivity index (χ0n) is 10.2. The molecule has 0 saturated carbocycles. The summed E-state index contributed by atoms with van der Waals surface area (Å²) in [5, 5.41) is 17.8. The van der Waals surface area contributed by atoms with Gasteiger partial charge in [-0.15, -0.1) is 10.2 Å². The van der Waals surface area contributed by atoms with Gasteiger partial charge in [0.2, 0.25) is 5.91 Å². The summed E-state index contributed by atoms with van der Waals surface area (Å²) in [5.74, 6) is -0.550. The van der Waals surface area contributed by atoms with E-state index in [-0.39, 0.29) is 11.7 Å². The van der Waals surface area contributed by atoms with Gasteiger partial charge in [0, 0.05) is 12.7 Å². The Bertz CT molecular complexity index is 563. The van der Waals surface area contributed by atoms with Gasteiger partial charge in [-0.25, -0.2) is 0 Å². The number of benzene rings is 1. The number of nitrogens with zero attached hydrogens (tertiary/aromatic N) is 3. The molecule has 1 heterocycles. The third kappa shape index (κ3) is 3.35. The Hall–Kier alpha value is -2.77. The quantitative estimate of drug-likeness (QED) is 0.701. The number of H-pyrrole nitrogens is 1. The first-order chi connectivity index (χ1) is 9.19. The minimum atomic E-state index is -0.451. The third-order valence-corrected chi connectivity index (χ3v) is 2.40. The average molecular weight is 260 g/mol. The van der Waals surface area contributed by atoms with Gasteiger partial charge < -0.3 is 10.6 Å². The Balaban J connectivity index is 1.99. The van der Waals surface area contributed by atoms with E-state index in [2.05, 4.69) is 31.3 Å². The number of likely N-dealkylation sites (N-methyl/N-ethyl adjacent to an activating group) is 1. The number of rotatable bonds is 4. The van der Waals surface area contributed by atoms with Crippen molar-refractivity contribution < 1.29 is 9.59 Å². The van der Waals surface area contributed by atoms with Crippen LogP contribution in [0.15, 0.2) is 24.3 Å². The molecule has 8 heteroatoms. The van der Waals surface area contributed by atoms with E-state index in [1.54, 1.807) is 31.3 Å². The number of aromatic amines is 1. The zero-order chi connectivity index (χ0) is 13.7. The van der Waals surface area contributed by atoms with Crippen molar-refractivity contribution in [3.05, 3.63) is 35.7 Å². The molecule has 1 aromatic carbocycles. The van der Waals surface area contributed by atoms with E-state index < -0.39 is 5.91 Å². The van der Waals surface area contributed by atoms with E-state index in [9.17, 15) is 9.59 Å². The fourth-order valence-electron chi connectivity index (χ4n) is 1.42. The molecule has 3 N–H and O–H groups in total. The van der Waals surface area contributed by atoms with Crippen molar-refractivity contribution in [2.24, 2.45) is 0 Å². The van der Waals surface area contributed by atoms with E-state index in [1.165, 1.54) is 0 Å². The molecule has 0 atom stereocenters. The Morgan fingerprint density at radius 1 is 1.26 bits per heavy atom. The molecule has 2 amide bonds. The summed E-state index contributed by atoms with van der Waals surface area (Å²) in [7, 11) is 1.59. The normalized spacial score (nSPS) is 9.95. The predicted octanol–water partition coefficient (Wildman–Crippen LogP) is -0.260. The first-order valence-electron chi connectivity index (χ1n) is 5.53. The maximum absolute atomic E-state index is 11.6. The average Bonchev–Trinajstić information content (AvgIpc) is 2.95. The van der Waals surface area contributed by atoms with Crippen LogP contribution in [0.2, 0.25) is 0 Å². The molecule has 8 nitrogen and oxygen atoms in total. The van der Waals surface area contributed by atoms with Crippen molar-refractivity contribution in [2.45, 2.75) is 6.42 Å². The summed E-state index contributed by atoms with van der Waals surface area (Å²) >= 11 is 0. The van der Waals surface area contributed by atoms with Crippen LogP contribution in [0.5, 0.6) is 0 Å². The van der Waals surface area contributed by atoms with Gasteiger partial charge >= 0.3 is 0 Å². The highest BCUT2D eigenvalue weighted by atomic mass is 16.2. The number of hydrogen-bond acceptors (Lipinski definition) is 5. The Morgan fingerprint density at radius 2 is 2.00 bits per heavy atom. The van der Waals surface area contributed by atoms with Gasteiger partial charge in [-0.1, -0.05) is 12.1 Å². The highest BCUT2D eigenvalue weighted by molar-refractivity contribution is 6.01. The number of amides is 2. The zero-order valence-corrected chi connectivity index (χ0v) is 10.2. The SMILES string of the molecule is CNC(=O)Cc1ccc(NC(=O)c2nn[nH]n2)cc1. The lowest BCUT2D eigenvalue weighted by Crippen LogP contribution is -2.19. The van der Waals surface area contributed by atoms with Crippen molar-refractivity contribution in [2.75, 3.05) is 12.4 Å². The highest BCUT2D eigenvalue weighted by Crippen LogP contribution is 2.10. The van der Waals surface area contributed by atoms with Crippen LogP contribution < -0.4 is 10.6 Å². The fraction of sp³-hybridized carbons (Fsp3) is 0.182. The largest absolute Gasteiger partial charge is 0.359 e. The second-order valence-corrected chi connectivity index (χ2v) is 3.74. The molecule has 0 aliphatic heterocycles. The molecule has 0 bridgehead atoms. The number of carbonyl (C=O) groups is 2. The molecule has 0 spiro atoms. The van der Waals surface area contributed by atoms with Crippen LogP contribution in [0.1, 0.15) is 16.2 Å². The molecule has 2 rings (SSSR count). The van der Waals surface area contributed by atoms with Crippen molar-refractivity contribution in [1.29, 1.82) is 0 Å². The van der Waals surface area contributed by atoms with Gasteiger partial charge in [-0.2, -0.15) is 5.21 Å². The molecule has 19 heavy (non-hydrogen) atoms. The second-order valence-electron chi connectivity index (χ2n) is 3.74.